The lowest BCUT2D eigenvalue weighted by Crippen LogP contribution is -2.38. The van der Waals surface area contributed by atoms with Gasteiger partial charge < -0.3 is 19.5 Å². The fourth-order valence-corrected chi connectivity index (χ4v) is 4.58. The van der Waals surface area contributed by atoms with Crippen LogP contribution < -0.4 is 23.8 Å². The van der Waals surface area contributed by atoms with E-state index < -0.39 is 22.5 Å². The van der Waals surface area contributed by atoms with Crippen molar-refractivity contribution >= 4 is 27.3 Å². The highest BCUT2D eigenvalue weighted by molar-refractivity contribution is 7.92. The maximum absolute atomic E-state index is 13.6. The van der Waals surface area contributed by atoms with E-state index >= 15 is 0 Å². The third kappa shape index (κ3) is 5.87. The minimum atomic E-state index is -4.11. The maximum Gasteiger partial charge on any atom is 0.264 e. The zero-order valence-electron chi connectivity index (χ0n) is 18.9. The van der Waals surface area contributed by atoms with Gasteiger partial charge >= 0.3 is 0 Å². The number of carbonyl (C=O) groups excluding carboxylic acids is 1. The highest BCUT2D eigenvalue weighted by atomic mass is 32.2. The van der Waals surface area contributed by atoms with Crippen LogP contribution in [0.3, 0.4) is 0 Å². The van der Waals surface area contributed by atoms with Crippen LogP contribution in [0.2, 0.25) is 0 Å². The first-order valence-corrected chi connectivity index (χ1v) is 11.8. The fraction of sp³-hybridized carbons (Fsp3) is 0.160. The van der Waals surface area contributed by atoms with E-state index in [0.29, 0.717) is 23.8 Å². The van der Waals surface area contributed by atoms with Crippen molar-refractivity contribution < 1.29 is 27.4 Å². The van der Waals surface area contributed by atoms with Crippen molar-refractivity contribution in [3.8, 4) is 17.2 Å². The molecule has 0 spiro atoms. The Morgan fingerprint density at radius 1 is 0.971 bits per heavy atom. The smallest absolute Gasteiger partial charge is 0.264 e. The summed E-state index contributed by atoms with van der Waals surface area (Å²) in [5.41, 5.74) is 0.666. The number of rotatable bonds is 11. The van der Waals surface area contributed by atoms with Gasteiger partial charge in [0.1, 0.15) is 30.4 Å². The number of methoxy groups -OCH3 is 2. The van der Waals surface area contributed by atoms with Gasteiger partial charge in [-0.05, 0) is 48.5 Å². The summed E-state index contributed by atoms with van der Waals surface area (Å²) in [6, 6.07) is 19.3. The summed E-state index contributed by atoms with van der Waals surface area (Å²) in [5.74, 6) is 0.771. The summed E-state index contributed by atoms with van der Waals surface area (Å²) >= 11 is 0. The molecule has 0 aliphatic heterocycles. The standard InChI is InChI=1S/C25H26N2O6S/c1-4-16-33-20-12-10-19(11-13-20)26-25(28)18-27(34(29,30)22-8-6-5-7-9-22)23-17-21(31-2)14-15-24(23)32-3/h4-15,17H,1,16,18H2,2-3H3,(H,26,28). The Morgan fingerprint density at radius 3 is 2.26 bits per heavy atom. The fourth-order valence-electron chi connectivity index (χ4n) is 3.13. The number of sulfonamides is 1. The van der Waals surface area contributed by atoms with Crippen molar-refractivity contribution in [3.05, 3.63) is 85.5 Å². The van der Waals surface area contributed by atoms with Gasteiger partial charge in [-0.15, -0.1) is 0 Å². The number of hydrogen-bond acceptors (Lipinski definition) is 6. The molecule has 0 bridgehead atoms. The van der Waals surface area contributed by atoms with Gasteiger partial charge in [-0.25, -0.2) is 8.42 Å². The summed E-state index contributed by atoms with van der Waals surface area (Å²) in [5, 5.41) is 2.72. The number of benzene rings is 3. The number of nitrogens with zero attached hydrogens (tertiary/aromatic N) is 1. The van der Waals surface area contributed by atoms with Crippen LogP contribution in [0, 0.1) is 0 Å². The first-order chi connectivity index (χ1) is 16.4. The Bertz CT molecular complexity index is 1230. The van der Waals surface area contributed by atoms with Crippen LogP contribution in [-0.2, 0) is 14.8 Å². The van der Waals surface area contributed by atoms with Gasteiger partial charge in [0.05, 0.1) is 24.8 Å². The Morgan fingerprint density at radius 2 is 1.65 bits per heavy atom. The van der Waals surface area contributed by atoms with E-state index in [-0.39, 0.29) is 16.3 Å². The number of amides is 1. The number of hydrogen-bond donors (Lipinski definition) is 1. The van der Waals surface area contributed by atoms with Gasteiger partial charge in [-0.2, -0.15) is 0 Å². The molecule has 0 aliphatic rings. The molecule has 34 heavy (non-hydrogen) atoms. The third-order valence-corrected chi connectivity index (χ3v) is 6.55. The molecule has 0 radical (unpaired) electrons. The molecule has 3 aromatic rings. The largest absolute Gasteiger partial charge is 0.497 e. The van der Waals surface area contributed by atoms with Crippen LogP contribution in [0.1, 0.15) is 0 Å². The lowest BCUT2D eigenvalue weighted by molar-refractivity contribution is -0.114. The molecule has 178 valence electrons. The second-order valence-electron chi connectivity index (χ2n) is 7.03. The highest BCUT2D eigenvalue weighted by Gasteiger charge is 2.30. The van der Waals surface area contributed by atoms with E-state index in [9.17, 15) is 13.2 Å². The first-order valence-electron chi connectivity index (χ1n) is 10.3. The van der Waals surface area contributed by atoms with Crippen molar-refractivity contribution in [1.82, 2.24) is 0 Å². The predicted octanol–water partition coefficient (Wildman–Crippen LogP) is 4.10. The Balaban J connectivity index is 1.93. The minimum absolute atomic E-state index is 0.0383. The molecule has 0 aliphatic carbocycles. The van der Waals surface area contributed by atoms with E-state index in [2.05, 4.69) is 11.9 Å². The molecule has 0 saturated heterocycles. The molecule has 9 heteroatoms. The normalized spacial score (nSPS) is 10.8. The zero-order valence-corrected chi connectivity index (χ0v) is 19.7. The Labute approximate surface area is 199 Å². The lowest BCUT2D eigenvalue weighted by atomic mass is 10.2. The first kappa shape index (κ1) is 24.7. The SMILES string of the molecule is C=CCOc1ccc(NC(=O)CN(c2cc(OC)ccc2OC)S(=O)(=O)c2ccccc2)cc1. The van der Waals surface area contributed by atoms with Crippen LogP contribution in [0.25, 0.3) is 0 Å². The van der Waals surface area contributed by atoms with E-state index in [1.54, 1.807) is 60.7 Å². The van der Waals surface area contributed by atoms with Crippen molar-refractivity contribution in [2.75, 3.05) is 37.0 Å². The zero-order chi connectivity index (χ0) is 24.6. The maximum atomic E-state index is 13.6. The molecule has 8 nitrogen and oxygen atoms in total. The second-order valence-corrected chi connectivity index (χ2v) is 8.90. The molecule has 3 aromatic carbocycles. The Kier molecular flexibility index (Phi) is 8.15. The minimum Gasteiger partial charge on any atom is -0.497 e. The summed E-state index contributed by atoms with van der Waals surface area (Å²) < 4.78 is 44.2. The molecule has 0 saturated carbocycles. The molecule has 0 aromatic heterocycles. The second kappa shape index (κ2) is 11.2. The molecule has 0 heterocycles. The van der Waals surface area contributed by atoms with Crippen LogP contribution in [0.4, 0.5) is 11.4 Å². The quantitative estimate of drug-likeness (QED) is 0.414. The number of ether oxygens (including phenoxy) is 3. The lowest BCUT2D eigenvalue weighted by Gasteiger charge is -2.26. The van der Waals surface area contributed by atoms with E-state index in [4.69, 9.17) is 14.2 Å². The molecule has 0 unspecified atom stereocenters. The van der Waals surface area contributed by atoms with Gasteiger partial charge in [-0.3, -0.25) is 9.10 Å². The van der Waals surface area contributed by atoms with Crippen molar-refractivity contribution in [2.24, 2.45) is 0 Å². The van der Waals surface area contributed by atoms with Crippen LogP contribution in [0.5, 0.6) is 17.2 Å². The molecule has 0 fully saturated rings. The highest BCUT2D eigenvalue weighted by Crippen LogP contribution is 2.35. The number of nitrogens with one attached hydrogen (secondary N) is 1. The average Bonchev–Trinajstić information content (AvgIpc) is 2.87. The number of carbonyl (C=O) groups is 1. The topological polar surface area (TPSA) is 94.2 Å². The van der Waals surface area contributed by atoms with Crippen molar-refractivity contribution in [2.45, 2.75) is 4.90 Å². The van der Waals surface area contributed by atoms with E-state index in [1.165, 1.54) is 32.4 Å². The average molecular weight is 483 g/mol. The van der Waals surface area contributed by atoms with Gasteiger partial charge in [-0.1, -0.05) is 30.9 Å². The predicted molar refractivity (Wildman–Crippen MR) is 131 cm³/mol. The van der Waals surface area contributed by atoms with E-state index in [1.807, 2.05) is 0 Å². The third-order valence-electron chi connectivity index (χ3n) is 4.78. The molecule has 1 amide bonds. The van der Waals surface area contributed by atoms with Gasteiger partial charge in [0.2, 0.25) is 5.91 Å². The summed E-state index contributed by atoms with van der Waals surface area (Å²) in [7, 11) is -1.21. The van der Waals surface area contributed by atoms with Crippen LogP contribution >= 0.6 is 0 Å². The van der Waals surface area contributed by atoms with Gasteiger partial charge in [0, 0.05) is 11.8 Å². The summed E-state index contributed by atoms with van der Waals surface area (Å²) in [6.45, 7) is 3.47. The van der Waals surface area contributed by atoms with Crippen LogP contribution in [0.15, 0.2) is 90.3 Å². The summed E-state index contributed by atoms with van der Waals surface area (Å²) in [6.07, 6.45) is 1.63. The molecular weight excluding hydrogens is 456 g/mol. The van der Waals surface area contributed by atoms with Crippen LogP contribution in [-0.4, -0.2) is 41.7 Å². The Hall–Kier alpha value is -3.98. The number of anilines is 2. The van der Waals surface area contributed by atoms with E-state index in [0.717, 1.165) is 4.31 Å². The molecular formula is C25H26N2O6S. The molecule has 0 atom stereocenters. The van der Waals surface area contributed by atoms with Gasteiger partial charge in [0.25, 0.3) is 10.0 Å². The molecule has 3 rings (SSSR count). The van der Waals surface area contributed by atoms with Crippen molar-refractivity contribution in [1.29, 1.82) is 0 Å². The monoisotopic (exact) mass is 482 g/mol. The van der Waals surface area contributed by atoms with Gasteiger partial charge in [0.15, 0.2) is 0 Å². The van der Waals surface area contributed by atoms with Crippen molar-refractivity contribution in [3.63, 3.8) is 0 Å². The molecule has 1 N–H and O–H groups in total. The summed E-state index contributed by atoms with van der Waals surface area (Å²) in [4.78, 5) is 13.0.